The molecule has 0 amide bonds. The second-order valence-corrected chi connectivity index (χ2v) is 6.15. The highest BCUT2D eigenvalue weighted by Gasteiger charge is 2.15. The minimum Gasteiger partial charge on any atom is -0.497 e. The number of H-pyrrole nitrogens is 1. The summed E-state index contributed by atoms with van der Waals surface area (Å²) in [5.74, 6) is 2.12. The number of hydrogen-bond acceptors (Lipinski definition) is 8. The molecule has 2 aromatic heterocycles. The van der Waals surface area contributed by atoms with Crippen LogP contribution in [0.5, 0.6) is 5.75 Å². The van der Waals surface area contributed by atoms with Crippen molar-refractivity contribution >= 4 is 11.8 Å². The van der Waals surface area contributed by atoms with Gasteiger partial charge < -0.3 is 14.2 Å². The third-order valence-electron chi connectivity index (χ3n) is 3.53. The maximum atomic E-state index is 12.2. The van der Waals surface area contributed by atoms with Crippen LogP contribution in [0.25, 0.3) is 11.3 Å². The quantitative estimate of drug-likeness (QED) is 0.520. The molecule has 2 heterocycles. The maximum absolute atomic E-state index is 12.2. The van der Waals surface area contributed by atoms with Gasteiger partial charge in [-0.1, -0.05) is 23.8 Å². The van der Waals surface area contributed by atoms with Gasteiger partial charge in [0.15, 0.2) is 11.0 Å². The summed E-state index contributed by atoms with van der Waals surface area (Å²) >= 11 is 1.25. The number of benzene rings is 1. The van der Waals surface area contributed by atoms with Crippen molar-refractivity contribution in [2.45, 2.75) is 24.3 Å². The number of rotatable bonds is 6. The predicted octanol–water partition coefficient (Wildman–Crippen LogP) is 2.55. The molecule has 0 saturated carbocycles. The lowest BCUT2D eigenvalue weighted by atomic mass is 10.1. The van der Waals surface area contributed by atoms with E-state index >= 15 is 0 Å². The van der Waals surface area contributed by atoms with Crippen molar-refractivity contribution < 1.29 is 9.26 Å². The van der Waals surface area contributed by atoms with Gasteiger partial charge in [-0.05, 0) is 24.3 Å². The topological polar surface area (TPSA) is 118 Å². The molecule has 0 aliphatic carbocycles. The highest BCUT2D eigenvalue weighted by Crippen LogP contribution is 2.25. The second kappa shape index (κ2) is 7.84. The molecule has 0 unspecified atom stereocenters. The minimum absolute atomic E-state index is 0.0365. The molecule has 0 saturated heterocycles. The van der Waals surface area contributed by atoms with Crippen molar-refractivity contribution in [1.29, 1.82) is 5.26 Å². The van der Waals surface area contributed by atoms with Gasteiger partial charge >= 0.3 is 0 Å². The molecule has 3 aromatic rings. The molecule has 0 fully saturated rings. The zero-order chi connectivity index (χ0) is 18.5. The Balaban J connectivity index is 1.91. The number of aromatic nitrogens is 4. The molecule has 0 radical (unpaired) electrons. The summed E-state index contributed by atoms with van der Waals surface area (Å²) in [5.41, 5.74) is 0.448. The Morgan fingerprint density at radius 3 is 2.69 bits per heavy atom. The average molecular weight is 369 g/mol. The van der Waals surface area contributed by atoms with Crippen LogP contribution < -0.4 is 10.3 Å². The highest BCUT2D eigenvalue weighted by atomic mass is 32.2. The van der Waals surface area contributed by atoms with Gasteiger partial charge in [-0.2, -0.15) is 10.2 Å². The van der Waals surface area contributed by atoms with Crippen molar-refractivity contribution in [2.75, 3.05) is 7.11 Å². The molecular formula is C17H15N5O3S. The zero-order valence-corrected chi connectivity index (χ0v) is 15.0. The van der Waals surface area contributed by atoms with Gasteiger partial charge in [-0.3, -0.25) is 4.79 Å². The highest BCUT2D eigenvalue weighted by molar-refractivity contribution is 7.98. The summed E-state index contributed by atoms with van der Waals surface area (Å²) in [6.45, 7) is 1.93. The number of aromatic amines is 1. The Hall–Kier alpha value is -3.12. The summed E-state index contributed by atoms with van der Waals surface area (Å²) in [6.07, 6.45) is 0.682. The molecule has 26 heavy (non-hydrogen) atoms. The largest absolute Gasteiger partial charge is 0.497 e. The number of nitrogens with one attached hydrogen (secondary N) is 1. The zero-order valence-electron chi connectivity index (χ0n) is 14.1. The van der Waals surface area contributed by atoms with Gasteiger partial charge in [-0.15, -0.1) is 0 Å². The Bertz CT molecular complexity index is 1000. The minimum atomic E-state index is -0.490. The lowest BCUT2D eigenvalue weighted by Gasteiger charge is -2.06. The molecule has 132 valence electrons. The van der Waals surface area contributed by atoms with E-state index in [-0.39, 0.29) is 5.56 Å². The maximum Gasteiger partial charge on any atom is 0.270 e. The van der Waals surface area contributed by atoms with E-state index in [1.807, 2.05) is 13.0 Å². The van der Waals surface area contributed by atoms with Gasteiger partial charge in [-0.25, -0.2) is 4.98 Å². The van der Waals surface area contributed by atoms with Crippen LogP contribution in [0.4, 0.5) is 0 Å². The number of methoxy groups -OCH3 is 1. The van der Waals surface area contributed by atoms with Crippen LogP contribution in [0, 0.1) is 11.3 Å². The first-order valence-corrected chi connectivity index (χ1v) is 8.76. The van der Waals surface area contributed by atoms with E-state index in [1.54, 1.807) is 31.4 Å². The first-order chi connectivity index (χ1) is 12.6. The van der Waals surface area contributed by atoms with Crippen LogP contribution in [0.2, 0.25) is 0 Å². The third kappa shape index (κ3) is 3.75. The SMILES string of the molecule is CCc1noc(CSc2nc(-c3ccc(OC)cc3)c(C#N)c(=O)[nH]2)n1. The number of nitriles is 1. The molecule has 9 heteroatoms. The summed E-state index contributed by atoms with van der Waals surface area (Å²) in [5, 5.41) is 13.5. The molecule has 0 spiro atoms. The van der Waals surface area contributed by atoms with Gasteiger partial charge in [0.25, 0.3) is 5.56 Å². The summed E-state index contributed by atoms with van der Waals surface area (Å²) in [4.78, 5) is 23.5. The van der Waals surface area contributed by atoms with Gasteiger partial charge in [0.1, 0.15) is 17.4 Å². The molecular weight excluding hydrogens is 354 g/mol. The van der Waals surface area contributed by atoms with Crippen LogP contribution >= 0.6 is 11.8 Å². The van der Waals surface area contributed by atoms with Crippen LogP contribution in [0.3, 0.4) is 0 Å². The smallest absolute Gasteiger partial charge is 0.270 e. The van der Waals surface area contributed by atoms with E-state index < -0.39 is 5.56 Å². The summed E-state index contributed by atoms with van der Waals surface area (Å²) in [7, 11) is 1.57. The number of aryl methyl sites for hydroxylation is 1. The normalized spacial score (nSPS) is 10.5. The van der Waals surface area contributed by atoms with Crippen LogP contribution in [0.1, 0.15) is 24.2 Å². The van der Waals surface area contributed by atoms with Gasteiger partial charge in [0.2, 0.25) is 5.89 Å². The van der Waals surface area contributed by atoms with Crippen molar-refractivity contribution in [3.63, 3.8) is 0 Å². The fraction of sp³-hybridized carbons (Fsp3) is 0.235. The Labute approximate surface area is 153 Å². The van der Waals surface area contributed by atoms with Crippen molar-refractivity contribution in [3.05, 3.63) is 51.9 Å². The van der Waals surface area contributed by atoms with E-state index in [2.05, 4.69) is 20.1 Å². The Morgan fingerprint density at radius 1 is 1.31 bits per heavy atom. The van der Waals surface area contributed by atoms with Crippen LogP contribution in [-0.2, 0) is 12.2 Å². The van der Waals surface area contributed by atoms with Gasteiger partial charge in [0, 0.05) is 12.0 Å². The van der Waals surface area contributed by atoms with E-state index in [1.165, 1.54) is 11.8 Å². The molecule has 0 bridgehead atoms. The van der Waals surface area contributed by atoms with E-state index in [0.717, 1.165) is 0 Å². The number of nitrogens with zero attached hydrogens (tertiary/aromatic N) is 4. The lowest BCUT2D eigenvalue weighted by Crippen LogP contribution is -2.14. The molecule has 0 aliphatic rings. The van der Waals surface area contributed by atoms with Crippen LogP contribution in [0.15, 0.2) is 38.7 Å². The molecule has 8 nitrogen and oxygen atoms in total. The third-order valence-corrected chi connectivity index (χ3v) is 4.39. The Kier molecular flexibility index (Phi) is 5.34. The molecule has 1 aromatic carbocycles. The number of hydrogen-bond donors (Lipinski definition) is 1. The van der Waals surface area contributed by atoms with E-state index in [9.17, 15) is 10.1 Å². The fourth-order valence-electron chi connectivity index (χ4n) is 2.20. The molecule has 0 atom stereocenters. The van der Waals surface area contributed by atoms with Crippen molar-refractivity contribution in [3.8, 4) is 23.1 Å². The van der Waals surface area contributed by atoms with E-state index in [0.29, 0.717) is 46.1 Å². The Morgan fingerprint density at radius 2 is 2.08 bits per heavy atom. The first-order valence-electron chi connectivity index (χ1n) is 7.77. The van der Waals surface area contributed by atoms with Crippen LogP contribution in [-0.4, -0.2) is 27.2 Å². The fourth-order valence-corrected chi connectivity index (χ4v) is 2.90. The lowest BCUT2D eigenvalue weighted by molar-refractivity contribution is 0.385. The number of ether oxygens (including phenoxy) is 1. The first kappa shape index (κ1) is 17.7. The number of thioether (sulfide) groups is 1. The molecule has 1 N–H and O–H groups in total. The molecule has 3 rings (SSSR count). The average Bonchev–Trinajstić information content (AvgIpc) is 3.14. The van der Waals surface area contributed by atoms with Gasteiger partial charge in [0.05, 0.1) is 18.6 Å². The van der Waals surface area contributed by atoms with E-state index in [4.69, 9.17) is 9.26 Å². The second-order valence-electron chi connectivity index (χ2n) is 5.18. The monoisotopic (exact) mass is 369 g/mol. The summed E-state index contributed by atoms with van der Waals surface area (Å²) in [6, 6.07) is 8.91. The predicted molar refractivity (Wildman–Crippen MR) is 94.8 cm³/mol. The van der Waals surface area contributed by atoms with Crippen molar-refractivity contribution in [1.82, 2.24) is 20.1 Å². The molecule has 0 aliphatic heterocycles. The van der Waals surface area contributed by atoms with Crippen molar-refractivity contribution in [2.24, 2.45) is 0 Å². The standard InChI is InChI=1S/C17H15N5O3S/c1-3-13-19-14(25-22-13)9-26-17-20-15(12(8-18)16(23)21-17)10-4-6-11(24-2)7-5-10/h4-7H,3,9H2,1-2H3,(H,20,21,23). The summed E-state index contributed by atoms with van der Waals surface area (Å²) < 4.78 is 10.3.